The van der Waals surface area contributed by atoms with Gasteiger partial charge in [-0.15, -0.1) is 0 Å². The molecule has 0 N–H and O–H groups in total. The molecular weight excluding hydrogens is 274 g/mol. The molecule has 2 aromatic rings. The van der Waals surface area contributed by atoms with Crippen molar-refractivity contribution in [2.75, 3.05) is 33.9 Å². The molecular formula is C19H25NO2. The van der Waals surface area contributed by atoms with E-state index >= 15 is 0 Å². The van der Waals surface area contributed by atoms with Gasteiger partial charge in [0.15, 0.2) is 11.5 Å². The zero-order valence-electron chi connectivity index (χ0n) is 13.7. The van der Waals surface area contributed by atoms with Crippen LogP contribution in [0.2, 0.25) is 0 Å². The number of ether oxygens (including phenoxy) is 2. The standard InChI is InChI=1S/C19H25NO2/c1-4-21-18-12-8-9-13-19(18)22-15-17(14-20(2)3)16-10-6-5-7-11-16/h5-13,17H,4,14-15H2,1-3H3/t17-/m1/s1. The molecule has 1 atom stereocenters. The summed E-state index contributed by atoms with van der Waals surface area (Å²) >= 11 is 0. The summed E-state index contributed by atoms with van der Waals surface area (Å²) in [6.07, 6.45) is 0. The Kier molecular flexibility index (Phi) is 6.28. The van der Waals surface area contributed by atoms with Crippen molar-refractivity contribution >= 4 is 0 Å². The maximum absolute atomic E-state index is 6.06. The van der Waals surface area contributed by atoms with Crippen molar-refractivity contribution < 1.29 is 9.47 Å². The molecule has 0 aliphatic heterocycles. The molecule has 2 rings (SSSR count). The molecule has 0 radical (unpaired) electrons. The van der Waals surface area contributed by atoms with Gasteiger partial charge in [-0.1, -0.05) is 42.5 Å². The number of hydrogen-bond donors (Lipinski definition) is 0. The second-order valence-electron chi connectivity index (χ2n) is 5.56. The van der Waals surface area contributed by atoms with Gasteiger partial charge in [0.2, 0.25) is 0 Å². The Morgan fingerprint density at radius 3 is 2.05 bits per heavy atom. The second kappa shape index (κ2) is 8.44. The van der Waals surface area contributed by atoms with Crippen molar-refractivity contribution in [1.82, 2.24) is 4.90 Å². The Morgan fingerprint density at radius 2 is 1.45 bits per heavy atom. The SMILES string of the molecule is CCOc1ccccc1OC[C@@H](CN(C)C)c1ccccc1. The Labute approximate surface area is 133 Å². The largest absolute Gasteiger partial charge is 0.490 e. The van der Waals surface area contributed by atoms with E-state index in [1.54, 1.807) is 0 Å². The molecule has 0 aromatic heterocycles. The van der Waals surface area contributed by atoms with Gasteiger partial charge in [0.05, 0.1) is 13.2 Å². The van der Waals surface area contributed by atoms with Gasteiger partial charge in [-0.2, -0.15) is 0 Å². The minimum Gasteiger partial charge on any atom is -0.490 e. The monoisotopic (exact) mass is 299 g/mol. The summed E-state index contributed by atoms with van der Waals surface area (Å²) in [7, 11) is 4.17. The number of nitrogens with zero attached hydrogens (tertiary/aromatic N) is 1. The first-order valence-electron chi connectivity index (χ1n) is 7.75. The first kappa shape index (κ1) is 16.4. The third-order valence-corrected chi connectivity index (χ3v) is 3.45. The van der Waals surface area contributed by atoms with E-state index in [1.807, 2.05) is 37.3 Å². The molecule has 0 saturated heterocycles. The highest BCUT2D eigenvalue weighted by Crippen LogP contribution is 2.28. The molecule has 0 aliphatic carbocycles. The topological polar surface area (TPSA) is 21.7 Å². The first-order chi connectivity index (χ1) is 10.7. The number of likely N-dealkylation sites (N-methyl/N-ethyl adjacent to an activating group) is 1. The van der Waals surface area contributed by atoms with E-state index in [0.29, 0.717) is 19.1 Å². The van der Waals surface area contributed by atoms with E-state index in [4.69, 9.17) is 9.47 Å². The third-order valence-electron chi connectivity index (χ3n) is 3.45. The molecule has 0 amide bonds. The van der Waals surface area contributed by atoms with Gasteiger partial charge < -0.3 is 14.4 Å². The summed E-state index contributed by atoms with van der Waals surface area (Å²) in [5.74, 6) is 1.94. The number of hydrogen-bond acceptors (Lipinski definition) is 3. The minimum absolute atomic E-state index is 0.325. The van der Waals surface area contributed by atoms with Crippen LogP contribution >= 0.6 is 0 Å². The van der Waals surface area contributed by atoms with Gasteiger partial charge in [0.1, 0.15) is 0 Å². The van der Waals surface area contributed by atoms with Crippen LogP contribution < -0.4 is 9.47 Å². The third kappa shape index (κ3) is 4.78. The van der Waals surface area contributed by atoms with Crippen molar-refractivity contribution in [2.45, 2.75) is 12.8 Å². The van der Waals surface area contributed by atoms with Gasteiger partial charge in [-0.25, -0.2) is 0 Å². The first-order valence-corrected chi connectivity index (χ1v) is 7.75. The summed E-state index contributed by atoms with van der Waals surface area (Å²) in [4.78, 5) is 2.19. The summed E-state index contributed by atoms with van der Waals surface area (Å²) in [6, 6.07) is 18.4. The maximum Gasteiger partial charge on any atom is 0.161 e. The Balaban J connectivity index is 2.08. The zero-order valence-corrected chi connectivity index (χ0v) is 13.7. The molecule has 0 fully saturated rings. The number of rotatable bonds is 8. The van der Waals surface area contributed by atoms with Crippen LogP contribution in [0.1, 0.15) is 18.4 Å². The summed E-state index contributed by atoms with van der Waals surface area (Å²) < 4.78 is 11.7. The van der Waals surface area contributed by atoms with Crippen molar-refractivity contribution in [2.24, 2.45) is 0 Å². The minimum atomic E-state index is 0.325. The van der Waals surface area contributed by atoms with Crippen LogP contribution in [0, 0.1) is 0 Å². The molecule has 0 bridgehead atoms. The van der Waals surface area contributed by atoms with E-state index in [1.165, 1.54) is 5.56 Å². The molecule has 22 heavy (non-hydrogen) atoms. The lowest BCUT2D eigenvalue weighted by Crippen LogP contribution is -2.24. The lowest BCUT2D eigenvalue weighted by atomic mass is 10.00. The molecule has 3 heteroatoms. The van der Waals surface area contributed by atoms with Crippen LogP contribution in [0.15, 0.2) is 54.6 Å². The van der Waals surface area contributed by atoms with Crippen molar-refractivity contribution in [3.05, 3.63) is 60.2 Å². The van der Waals surface area contributed by atoms with E-state index < -0.39 is 0 Å². The van der Waals surface area contributed by atoms with Crippen LogP contribution in [0.4, 0.5) is 0 Å². The van der Waals surface area contributed by atoms with Gasteiger partial charge in [-0.05, 0) is 38.7 Å². The summed E-state index contributed by atoms with van der Waals surface area (Å²) in [6.45, 7) is 4.20. The molecule has 0 saturated carbocycles. The van der Waals surface area contributed by atoms with Crippen LogP contribution in [-0.4, -0.2) is 38.8 Å². The normalized spacial score (nSPS) is 12.2. The fourth-order valence-corrected chi connectivity index (χ4v) is 2.45. The van der Waals surface area contributed by atoms with Crippen LogP contribution in [-0.2, 0) is 0 Å². The number of para-hydroxylation sites is 2. The quantitative estimate of drug-likeness (QED) is 0.740. The molecule has 0 spiro atoms. The summed E-state index contributed by atoms with van der Waals surface area (Å²) in [5, 5.41) is 0. The van der Waals surface area contributed by atoms with Crippen LogP contribution in [0.3, 0.4) is 0 Å². The van der Waals surface area contributed by atoms with Crippen molar-refractivity contribution in [3.63, 3.8) is 0 Å². The molecule has 0 aliphatic rings. The molecule has 3 nitrogen and oxygen atoms in total. The van der Waals surface area contributed by atoms with E-state index in [0.717, 1.165) is 18.0 Å². The van der Waals surface area contributed by atoms with E-state index in [2.05, 4.69) is 43.3 Å². The zero-order chi connectivity index (χ0) is 15.8. The van der Waals surface area contributed by atoms with Crippen molar-refractivity contribution in [1.29, 1.82) is 0 Å². The lowest BCUT2D eigenvalue weighted by Gasteiger charge is -2.22. The second-order valence-corrected chi connectivity index (χ2v) is 5.56. The van der Waals surface area contributed by atoms with E-state index in [-0.39, 0.29) is 0 Å². The van der Waals surface area contributed by atoms with Gasteiger partial charge in [0, 0.05) is 12.5 Å². The van der Waals surface area contributed by atoms with Gasteiger partial charge in [0.25, 0.3) is 0 Å². The van der Waals surface area contributed by atoms with Gasteiger partial charge >= 0.3 is 0 Å². The number of benzene rings is 2. The maximum atomic E-state index is 6.06. The fraction of sp³-hybridized carbons (Fsp3) is 0.368. The average molecular weight is 299 g/mol. The highest BCUT2D eigenvalue weighted by Gasteiger charge is 2.14. The Hall–Kier alpha value is -2.00. The molecule has 118 valence electrons. The van der Waals surface area contributed by atoms with Crippen LogP contribution in [0.5, 0.6) is 11.5 Å². The molecule has 0 heterocycles. The molecule has 0 unspecified atom stereocenters. The fourth-order valence-electron chi connectivity index (χ4n) is 2.45. The Bertz CT molecular complexity index is 554. The highest BCUT2D eigenvalue weighted by atomic mass is 16.5. The molecule has 2 aromatic carbocycles. The van der Waals surface area contributed by atoms with Gasteiger partial charge in [-0.3, -0.25) is 0 Å². The Morgan fingerprint density at radius 1 is 0.864 bits per heavy atom. The highest BCUT2D eigenvalue weighted by molar-refractivity contribution is 5.39. The lowest BCUT2D eigenvalue weighted by molar-refractivity contribution is 0.237. The van der Waals surface area contributed by atoms with Crippen LogP contribution in [0.25, 0.3) is 0 Å². The predicted molar refractivity (Wildman–Crippen MR) is 90.8 cm³/mol. The predicted octanol–water partition coefficient (Wildman–Crippen LogP) is 3.81. The average Bonchev–Trinajstić information content (AvgIpc) is 2.53. The van der Waals surface area contributed by atoms with Crippen molar-refractivity contribution in [3.8, 4) is 11.5 Å². The van der Waals surface area contributed by atoms with E-state index in [9.17, 15) is 0 Å². The smallest absolute Gasteiger partial charge is 0.161 e. The summed E-state index contributed by atoms with van der Waals surface area (Å²) in [5.41, 5.74) is 1.30.